The lowest BCUT2D eigenvalue weighted by Crippen LogP contribution is -2.58. The van der Waals surface area contributed by atoms with E-state index in [-0.39, 0.29) is 42.2 Å². The highest BCUT2D eigenvalue weighted by Crippen LogP contribution is 2.31. The first-order chi connectivity index (χ1) is 19.7. The number of anilines is 2. The van der Waals surface area contributed by atoms with Gasteiger partial charge in [0.2, 0.25) is 0 Å². The maximum atomic E-state index is 12.3. The molecule has 0 spiro atoms. The van der Waals surface area contributed by atoms with E-state index in [1.807, 2.05) is 12.1 Å². The zero-order chi connectivity index (χ0) is 29.5. The van der Waals surface area contributed by atoms with Gasteiger partial charge in [-0.25, -0.2) is 9.97 Å². The van der Waals surface area contributed by atoms with Crippen LogP contribution in [0.2, 0.25) is 10.2 Å². The molecule has 1 atom stereocenters. The van der Waals surface area contributed by atoms with Crippen LogP contribution in [-0.4, -0.2) is 101 Å². The zero-order valence-corrected chi connectivity index (χ0v) is 25.1. The first-order valence-corrected chi connectivity index (χ1v) is 14.8. The predicted octanol–water partition coefficient (Wildman–Crippen LogP) is 2.62. The van der Waals surface area contributed by atoms with Crippen LogP contribution in [0.1, 0.15) is 49.2 Å². The third-order valence-electron chi connectivity index (χ3n) is 7.66. The lowest BCUT2D eigenvalue weighted by molar-refractivity contribution is -0.118. The average molecular weight is 609 g/mol. The summed E-state index contributed by atoms with van der Waals surface area (Å²) in [4.78, 5) is 39.5. The number of nitrogens with zero attached hydrogens (tertiary/aromatic N) is 5. The summed E-state index contributed by atoms with van der Waals surface area (Å²) in [6, 6.07) is 6.41. The minimum atomic E-state index is -0.518. The number of benzene rings is 1. The van der Waals surface area contributed by atoms with Crippen LogP contribution in [0.15, 0.2) is 18.2 Å². The molecule has 2 aliphatic heterocycles. The lowest BCUT2D eigenvalue weighted by Gasteiger charge is -2.47. The molecule has 4 N–H and O–H groups in total. The molecule has 11 nitrogen and oxygen atoms in total. The second-order valence-corrected chi connectivity index (χ2v) is 11.3. The number of piperidine rings is 1. The van der Waals surface area contributed by atoms with Crippen LogP contribution in [0.5, 0.6) is 5.75 Å². The van der Waals surface area contributed by atoms with Crippen molar-refractivity contribution in [3.63, 3.8) is 0 Å². The maximum absolute atomic E-state index is 12.3. The van der Waals surface area contributed by atoms with Crippen molar-refractivity contribution in [1.82, 2.24) is 25.1 Å². The first kappa shape index (κ1) is 31.2. The van der Waals surface area contributed by atoms with Gasteiger partial charge in [0, 0.05) is 55.4 Å². The smallest absolute Gasteiger partial charge is 0.273 e. The Morgan fingerprint density at radius 1 is 1.17 bits per heavy atom. The number of piperazine rings is 1. The Morgan fingerprint density at radius 3 is 2.61 bits per heavy atom. The number of aliphatic hydroxyl groups excluding tert-OH is 1. The van der Waals surface area contributed by atoms with Gasteiger partial charge < -0.3 is 25.8 Å². The minimum Gasteiger partial charge on any atom is -0.485 e. The number of hydrogen-bond acceptors (Lipinski definition) is 10. The van der Waals surface area contributed by atoms with Gasteiger partial charge >= 0.3 is 0 Å². The Hall–Kier alpha value is -2.70. The molecule has 1 amide bonds. The van der Waals surface area contributed by atoms with Crippen molar-refractivity contribution in [3.05, 3.63) is 39.6 Å². The molecule has 0 radical (unpaired) electrons. The largest absolute Gasteiger partial charge is 0.485 e. The number of nitrogens with two attached hydrogens (primary N) is 1. The van der Waals surface area contributed by atoms with Crippen LogP contribution in [0.25, 0.3) is 0 Å². The number of ether oxygens (including phenoxy) is 1. The molecule has 41 heavy (non-hydrogen) atoms. The number of carbonyl (C=O) groups is 2. The van der Waals surface area contributed by atoms with Gasteiger partial charge in [-0.2, -0.15) is 0 Å². The van der Waals surface area contributed by atoms with Crippen LogP contribution >= 0.6 is 23.2 Å². The summed E-state index contributed by atoms with van der Waals surface area (Å²) in [5, 5.41) is 12.2. The number of rotatable bonds is 11. The molecular formula is C28H39Cl2N7O4. The second kappa shape index (κ2) is 14.5. The topological polar surface area (TPSA) is 137 Å². The van der Waals surface area contributed by atoms with Crippen molar-refractivity contribution in [2.45, 2.75) is 51.7 Å². The van der Waals surface area contributed by atoms with Gasteiger partial charge in [0.1, 0.15) is 12.4 Å². The Morgan fingerprint density at radius 2 is 1.93 bits per heavy atom. The quantitative estimate of drug-likeness (QED) is 0.349. The SMILES string of the molecule is CC[C@H]1CN(c2nc(N)c(C(=O)NCCO)nc2Cl)CCN1C1CCN(Cc2ccc(Cl)cc2OCC(C)=O)CC1. The summed E-state index contributed by atoms with van der Waals surface area (Å²) in [6.45, 7) is 8.63. The van der Waals surface area contributed by atoms with E-state index in [0.717, 1.165) is 64.1 Å². The predicted molar refractivity (Wildman–Crippen MR) is 160 cm³/mol. The van der Waals surface area contributed by atoms with E-state index in [1.165, 1.54) is 6.92 Å². The Bertz CT molecular complexity index is 1230. The number of amides is 1. The third kappa shape index (κ3) is 7.98. The number of nitrogen functional groups attached to an aromatic ring is 1. The maximum Gasteiger partial charge on any atom is 0.273 e. The zero-order valence-electron chi connectivity index (χ0n) is 23.6. The molecule has 1 aromatic carbocycles. The molecule has 2 saturated heterocycles. The van der Waals surface area contributed by atoms with Gasteiger partial charge in [0.25, 0.3) is 5.91 Å². The summed E-state index contributed by atoms with van der Waals surface area (Å²) in [5.74, 6) is 0.618. The molecule has 0 saturated carbocycles. The van der Waals surface area contributed by atoms with Crippen molar-refractivity contribution < 1.29 is 19.4 Å². The molecule has 0 aliphatic carbocycles. The number of aromatic nitrogens is 2. The van der Waals surface area contributed by atoms with Gasteiger partial charge in [-0.3, -0.25) is 19.4 Å². The monoisotopic (exact) mass is 607 g/mol. The van der Waals surface area contributed by atoms with Gasteiger partial charge in [0.05, 0.1) is 6.61 Å². The molecule has 2 fully saturated rings. The molecule has 224 valence electrons. The van der Waals surface area contributed by atoms with E-state index in [0.29, 0.717) is 28.7 Å². The van der Waals surface area contributed by atoms with Gasteiger partial charge in [0.15, 0.2) is 28.3 Å². The Balaban J connectivity index is 1.35. The number of ketones is 1. The number of aliphatic hydroxyl groups is 1. The van der Waals surface area contributed by atoms with E-state index >= 15 is 0 Å². The standard InChI is InChI=1S/C28H39Cl2N7O4/c1-3-21-16-36(27-25(30)33-24(26(31)34-27)28(40)32-8-13-38)11-12-37(21)22-6-9-35(10-7-22)15-19-4-5-20(29)14-23(19)41-17-18(2)39/h4-5,14,21-22,38H,3,6-13,15-17H2,1-2H3,(H2,31,34)(H,32,40)/t21-/m0/s1. The molecule has 0 bridgehead atoms. The van der Waals surface area contributed by atoms with E-state index < -0.39 is 5.91 Å². The third-order valence-corrected chi connectivity index (χ3v) is 8.14. The van der Waals surface area contributed by atoms with E-state index in [4.69, 9.17) is 38.8 Å². The summed E-state index contributed by atoms with van der Waals surface area (Å²) >= 11 is 12.7. The molecule has 1 aromatic heterocycles. The van der Waals surface area contributed by atoms with Crippen LogP contribution in [-0.2, 0) is 11.3 Å². The fourth-order valence-electron chi connectivity index (χ4n) is 5.57. The summed E-state index contributed by atoms with van der Waals surface area (Å²) in [7, 11) is 0. The van der Waals surface area contributed by atoms with Crippen molar-refractivity contribution in [2.24, 2.45) is 0 Å². The molecule has 13 heteroatoms. The van der Waals surface area contributed by atoms with Crippen molar-refractivity contribution in [3.8, 4) is 5.75 Å². The highest BCUT2D eigenvalue weighted by Gasteiger charge is 2.34. The molecule has 2 aliphatic rings. The number of halogens is 2. The number of likely N-dealkylation sites (tertiary alicyclic amines) is 1. The van der Waals surface area contributed by atoms with E-state index in [9.17, 15) is 9.59 Å². The number of Topliss-reactive ketones (excluding diaryl/α,β-unsaturated/α-hetero) is 1. The highest BCUT2D eigenvalue weighted by atomic mass is 35.5. The van der Waals surface area contributed by atoms with Crippen LogP contribution < -0.4 is 20.7 Å². The summed E-state index contributed by atoms with van der Waals surface area (Å²) < 4.78 is 5.73. The van der Waals surface area contributed by atoms with Gasteiger partial charge in [-0.1, -0.05) is 36.2 Å². The van der Waals surface area contributed by atoms with E-state index in [1.54, 1.807) is 6.07 Å². The average Bonchev–Trinajstić information content (AvgIpc) is 2.97. The highest BCUT2D eigenvalue weighted by molar-refractivity contribution is 6.32. The fourth-order valence-corrected chi connectivity index (χ4v) is 5.98. The van der Waals surface area contributed by atoms with Gasteiger partial charge in [-0.15, -0.1) is 0 Å². The minimum absolute atomic E-state index is 0.0122. The molecule has 3 heterocycles. The number of hydrogen-bond donors (Lipinski definition) is 3. The molecular weight excluding hydrogens is 569 g/mol. The Labute approximate surface area is 250 Å². The first-order valence-electron chi connectivity index (χ1n) is 14.1. The lowest BCUT2D eigenvalue weighted by atomic mass is 9.97. The second-order valence-electron chi connectivity index (χ2n) is 10.5. The Kier molecular flexibility index (Phi) is 11.0. The molecule has 2 aromatic rings. The van der Waals surface area contributed by atoms with Crippen LogP contribution in [0.4, 0.5) is 11.6 Å². The molecule has 4 rings (SSSR count). The number of carbonyl (C=O) groups excluding carboxylic acids is 2. The van der Waals surface area contributed by atoms with Crippen molar-refractivity contribution in [2.75, 3.05) is 63.1 Å². The van der Waals surface area contributed by atoms with Crippen LogP contribution in [0, 0.1) is 0 Å². The normalized spacial score (nSPS) is 18.9. The summed E-state index contributed by atoms with van der Waals surface area (Å²) in [5.41, 5.74) is 7.06. The van der Waals surface area contributed by atoms with Gasteiger partial charge in [-0.05, 0) is 51.4 Å². The van der Waals surface area contributed by atoms with Crippen molar-refractivity contribution in [1.29, 1.82) is 0 Å². The number of nitrogens with one attached hydrogen (secondary N) is 1. The van der Waals surface area contributed by atoms with Crippen molar-refractivity contribution >= 4 is 46.5 Å². The molecule has 0 unspecified atom stereocenters. The summed E-state index contributed by atoms with van der Waals surface area (Å²) in [6.07, 6.45) is 3.08. The fraction of sp³-hybridized carbons (Fsp3) is 0.571. The van der Waals surface area contributed by atoms with E-state index in [2.05, 4.69) is 36.9 Å². The van der Waals surface area contributed by atoms with Crippen LogP contribution in [0.3, 0.4) is 0 Å².